The van der Waals surface area contributed by atoms with Crippen LogP contribution in [0.25, 0.3) is 0 Å². The fourth-order valence-electron chi connectivity index (χ4n) is 8.92. The monoisotopic (exact) mass is 1070 g/mol. The molecule has 0 saturated carbocycles. The average Bonchev–Trinajstić information content (AvgIpc) is 3.43. The third-order valence-corrected chi connectivity index (χ3v) is 13.8. The van der Waals surface area contributed by atoms with Crippen molar-refractivity contribution in [3.63, 3.8) is 0 Å². The maximum Gasteiger partial charge on any atom is 0.306 e. The first kappa shape index (κ1) is 73.1. The SMILES string of the molecule is CC/C=C\C/C=C\C/C=C\C/C=C\C/C=C\C/C=C\CCCCC(=O)OC(COC(=O)CCCCCCC)COC(=O)CCCCCCCCCCCCCCCCCCCC/C=C\C/C=C\C/C=C\CCCCCCC. The Hall–Kier alpha value is -3.93. The molecular weight excluding hydrogens is 949 g/mol. The Labute approximate surface area is 476 Å². The molecule has 0 aromatic rings. The Balaban J connectivity index is 4.03. The second-order valence-corrected chi connectivity index (χ2v) is 21.3. The van der Waals surface area contributed by atoms with E-state index in [1.165, 1.54) is 141 Å². The van der Waals surface area contributed by atoms with E-state index in [2.05, 4.69) is 130 Å². The maximum atomic E-state index is 12.8. The fraction of sp³-hybridized carbons (Fsp3) is 0.704. The van der Waals surface area contributed by atoms with Crippen molar-refractivity contribution in [2.24, 2.45) is 0 Å². The highest BCUT2D eigenvalue weighted by Gasteiger charge is 2.19. The van der Waals surface area contributed by atoms with Gasteiger partial charge in [0.1, 0.15) is 13.2 Å². The van der Waals surface area contributed by atoms with Crippen LogP contribution in [0.3, 0.4) is 0 Å². The van der Waals surface area contributed by atoms with Crippen molar-refractivity contribution >= 4 is 17.9 Å². The van der Waals surface area contributed by atoms with Crippen molar-refractivity contribution < 1.29 is 28.6 Å². The van der Waals surface area contributed by atoms with Gasteiger partial charge in [-0.3, -0.25) is 14.4 Å². The van der Waals surface area contributed by atoms with E-state index in [0.29, 0.717) is 19.3 Å². The minimum Gasteiger partial charge on any atom is -0.462 e. The van der Waals surface area contributed by atoms with Crippen LogP contribution in [-0.4, -0.2) is 37.2 Å². The molecule has 6 heteroatoms. The van der Waals surface area contributed by atoms with Crippen molar-refractivity contribution in [1.82, 2.24) is 0 Å². The zero-order valence-corrected chi connectivity index (χ0v) is 50.4. The number of carbonyl (C=O) groups excluding carboxylic acids is 3. The number of unbranched alkanes of at least 4 members (excludes halogenated alkanes) is 29. The summed E-state index contributed by atoms with van der Waals surface area (Å²) in [5.41, 5.74) is 0. The quantitative estimate of drug-likeness (QED) is 0.0261. The third-order valence-electron chi connectivity index (χ3n) is 13.8. The number of ether oxygens (including phenoxy) is 3. The maximum absolute atomic E-state index is 12.8. The van der Waals surface area contributed by atoms with Gasteiger partial charge in [0.05, 0.1) is 0 Å². The summed E-state index contributed by atoms with van der Waals surface area (Å²) in [6.07, 6.45) is 88.8. The van der Waals surface area contributed by atoms with Gasteiger partial charge in [0, 0.05) is 19.3 Å². The second-order valence-electron chi connectivity index (χ2n) is 21.3. The number of allylic oxidation sites excluding steroid dienone is 18. The van der Waals surface area contributed by atoms with E-state index in [9.17, 15) is 14.4 Å². The molecule has 0 aromatic carbocycles. The molecule has 0 saturated heterocycles. The molecule has 0 radical (unpaired) electrons. The molecule has 440 valence electrons. The summed E-state index contributed by atoms with van der Waals surface area (Å²) in [5.74, 6) is -0.948. The van der Waals surface area contributed by atoms with Gasteiger partial charge in [-0.25, -0.2) is 0 Å². The Bertz CT molecular complexity index is 1560. The van der Waals surface area contributed by atoms with Gasteiger partial charge >= 0.3 is 17.9 Å². The molecule has 0 aliphatic heterocycles. The van der Waals surface area contributed by atoms with Crippen LogP contribution >= 0.6 is 0 Å². The van der Waals surface area contributed by atoms with E-state index in [1.54, 1.807) is 0 Å². The van der Waals surface area contributed by atoms with E-state index >= 15 is 0 Å². The molecule has 0 bridgehead atoms. The van der Waals surface area contributed by atoms with Crippen LogP contribution in [0.1, 0.15) is 303 Å². The van der Waals surface area contributed by atoms with Gasteiger partial charge < -0.3 is 14.2 Å². The topological polar surface area (TPSA) is 78.9 Å². The molecule has 0 heterocycles. The smallest absolute Gasteiger partial charge is 0.306 e. The predicted octanol–water partition coefficient (Wildman–Crippen LogP) is 22.2. The molecular formula is C71H120O6. The van der Waals surface area contributed by atoms with Crippen molar-refractivity contribution in [1.29, 1.82) is 0 Å². The second kappa shape index (κ2) is 64.6. The van der Waals surface area contributed by atoms with Crippen molar-refractivity contribution in [2.75, 3.05) is 13.2 Å². The zero-order chi connectivity index (χ0) is 55.7. The summed E-state index contributed by atoms with van der Waals surface area (Å²) in [7, 11) is 0. The number of rotatable bonds is 58. The van der Waals surface area contributed by atoms with E-state index in [4.69, 9.17) is 14.2 Å². The normalized spacial score (nSPS) is 12.8. The lowest BCUT2D eigenvalue weighted by Gasteiger charge is -2.18. The summed E-state index contributed by atoms with van der Waals surface area (Å²) in [5, 5.41) is 0. The summed E-state index contributed by atoms with van der Waals surface area (Å²) in [4.78, 5) is 37.9. The predicted molar refractivity (Wildman–Crippen MR) is 334 cm³/mol. The Morgan fingerprint density at radius 3 is 0.818 bits per heavy atom. The largest absolute Gasteiger partial charge is 0.462 e. The van der Waals surface area contributed by atoms with E-state index in [-0.39, 0.29) is 37.5 Å². The fourth-order valence-corrected chi connectivity index (χ4v) is 8.92. The Morgan fingerprint density at radius 2 is 0.506 bits per heavy atom. The van der Waals surface area contributed by atoms with Crippen LogP contribution in [0, 0.1) is 0 Å². The van der Waals surface area contributed by atoms with E-state index < -0.39 is 6.10 Å². The molecule has 0 aromatic heterocycles. The van der Waals surface area contributed by atoms with Crippen LogP contribution in [0.15, 0.2) is 109 Å². The van der Waals surface area contributed by atoms with Gasteiger partial charge in [-0.05, 0) is 109 Å². The van der Waals surface area contributed by atoms with E-state index in [1.807, 2.05) is 0 Å². The molecule has 6 nitrogen and oxygen atoms in total. The van der Waals surface area contributed by atoms with Crippen LogP contribution in [-0.2, 0) is 28.6 Å². The third kappa shape index (κ3) is 62.8. The van der Waals surface area contributed by atoms with Gasteiger partial charge in [0.2, 0.25) is 0 Å². The number of hydrogen-bond donors (Lipinski definition) is 0. The van der Waals surface area contributed by atoms with Gasteiger partial charge in [-0.15, -0.1) is 0 Å². The lowest BCUT2D eigenvalue weighted by atomic mass is 10.0. The zero-order valence-electron chi connectivity index (χ0n) is 50.4. The average molecular weight is 1070 g/mol. The van der Waals surface area contributed by atoms with Crippen LogP contribution in [0.2, 0.25) is 0 Å². The Kier molecular flexibility index (Phi) is 61.3. The summed E-state index contributed by atoms with van der Waals surface area (Å²) in [6.45, 7) is 6.41. The molecule has 0 spiro atoms. The summed E-state index contributed by atoms with van der Waals surface area (Å²) >= 11 is 0. The molecule has 0 amide bonds. The van der Waals surface area contributed by atoms with E-state index in [0.717, 1.165) is 116 Å². The molecule has 0 N–H and O–H groups in total. The van der Waals surface area contributed by atoms with Crippen LogP contribution < -0.4 is 0 Å². The van der Waals surface area contributed by atoms with Crippen molar-refractivity contribution in [2.45, 2.75) is 309 Å². The molecule has 0 aliphatic rings. The van der Waals surface area contributed by atoms with Gasteiger partial charge in [-0.2, -0.15) is 0 Å². The number of hydrogen-bond acceptors (Lipinski definition) is 6. The van der Waals surface area contributed by atoms with Crippen LogP contribution in [0.4, 0.5) is 0 Å². The standard InChI is InChI=1S/C71H120O6/c1-4-7-10-13-15-17-19-21-23-25-27-29-30-31-32-33-34-35-36-37-38-39-40-42-43-45-47-49-51-53-55-58-61-64-70(73)76-67-68(66-75-69(72)63-60-57-12-9-6-3)77-71(74)65-62-59-56-54-52-50-48-46-44-41-28-26-24-22-20-18-16-14-11-8-5-2/h8,11,16,18-19,21-22,24-25,27-28,30-31,41,46,48,52,54,68H,4-7,9-10,12-15,17,20,23,26,29,32-40,42-45,47,49-51,53,55-67H2,1-3H3/b11-8-,18-16-,21-19-,24-22-,27-25-,31-30-,41-28-,48-46-,54-52-. The van der Waals surface area contributed by atoms with Crippen molar-refractivity contribution in [3.8, 4) is 0 Å². The summed E-state index contributed by atoms with van der Waals surface area (Å²) < 4.78 is 16.7. The van der Waals surface area contributed by atoms with Crippen LogP contribution in [0.5, 0.6) is 0 Å². The van der Waals surface area contributed by atoms with Gasteiger partial charge in [0.25, 0.3) is 0 Å². The Morgan fingerprint density at radius 1 is 0.273 bits per heavy atom. The highest BCUT2D eigenvalue weighted by atomic mass is 16.6. The first-order chi connectivity index (χ1) is 38.0. The highest BCUT2D eigenvalue weighted by molar-refractivity contribution is 5.71. The number of carbonyl (C=O) groups is 3. The van der Waals surface area contributed by atoms with Gasteiger partial charge in [0.15, 0.2) is 6.10 Å². The molecule has 0 aliphatic carbocycles. The minimum atomic E-state index is -0.798. The molecule has 0 fully saturated rings. The first-order valence-corrected chi connectivity index (χ1v) is 32.4. The van der Waals surface area contributed by atoms with Crippen molar-refractivity contribution in [3.05, 3.63) is 109 Å². The molecule has 1 atom stereocenters. The minimum absolute atomic E-state index is 0.0948. The lowest BCUT2D eigenvalue weighted by molar-refractivity contribution is -0.167. The molecule has 0 rings (SSSR count). The molecule has 1 unspecified atom stereocenters. The number of esters is 3. The van der Waals surface area contributed by atoms with Gasteiger partial charge in [-0.1, -0.05) is 284 Å². The lowest BCUT2D eigenvalue weighted by Crippen LogP contribution is -2.30. The first-order valence-electron chi connectivity index (χ1n) is 32.4. The molecule has 77 heavy (non-hydrogen) atoms. The summed E-state index contributed by atoms with van der Waals surface area (Å²) in [6, 6.07) is 0. The highest BCUT2D eigenvalue weighted by Crippen LogP contribution is 2.16.